The number of unbranched alkanes of at least 4 members (excludes halogenated alkanes) is 24. The molecule has 0 atom stereocenters. The zero-order chi connectivity index (χ0) is 42.6. The highest BCUT2D eigenvalue weighted by molar-refractivity contribution is 7.95. The van der Waals surface area contributed by atoms with Crippen LogP contribution in [0.4, 0.5) is 0 Å². The molecule has 9 nitrogen and oxygen atoms in total. The molecule has 0 saturated heterocycles. The molecule has 0 fully saturated rings. The molecule has 0 aliphatic carbocycles. The standard InChI is InChI=1S/C48H97N5O4S/c1-6-9-12-15-18-27-34-44-56-46(54)38-30-23-19-25-32-41-53(43-35-40-50-48(51-58-49)52(4)5)42-33-26-20-24-31-39-47(55)57-45(36-28-21-16-13-10-7-2)37-29-22-17-14-11-8-3/h45H,6-44,49H2,1-5H3,(H,50,51). The van der Waals surface area contributed by atoms with E-state index in [9.17, 15) is 9.59 Å². The first-order valence-corrected chi connectivity index (χ1v) is 25.6. The molecule has 0 amide bonds. The number of carbonyl (C=O) groups is 2. The quantitative estimate of drug-likeness (QED) is 0.0204. The lowest BCUT2D eigenvalue weighted by molar-refractivity contribution is -0.150. The molecule has 0 aliphatic heterocycles. The molecule has 0 aromatic carbocycles. The summed E-state index contributed by atoms with van der Waals surface area (Å²) in [4.78, 5) is 29.6. The molecular weight excluding hydrogens is 743 g/mol. The Kier molecular flexibility index (Phi) is 43.8. The molecule has 0 aromatic rings. The average molecular weight is 840 g/mol. The van der Waals surface area contributed by atoms with Crippen molar-refractivity contribution in [3.05, 3.63) is 0 Å². The predicted molar refractivity (Wildman–Crippen MR) is 252 cm³/mol. The van der Waals surface area contributed by atoms with E-state index in [1.807, 2.05) is 19.0 Å². The number of carbonyl (C=O) groups excluding carboxylic acids is 2. The minimum atomic E-state index is -0.0236. The second-order valence-corrected chi connectivity index (χ2v) is 17.5. The van der Waals surface area contributed by atoms with Gasteiger partial charge in [-0.05, 0) is 83.8 Å². The Morgan fingerprint density at radius 2 is 0.966 bits per heavy atom. The molecule has 0 heterocycles. The Bertz CT molecular complexity index is 909. The summed E-state index contributed by atoms with van der Waals surface area (Å²) < 4.78 is 15.8. The number of nitrogens with two attached hydrogens (primary N) is 1. The van der Waals surface area contributed by atoms with E-state index in [0.29, 0.717) is 19.4 Å². The third-order valence-corrected chi connectivity index (χ3v) is 11.6. The van der Waals surface area contributed by atoms with E-state index in [-0.39, 0.29) is 18.0 Å². The number of nitrogens with one attached hydrogen (secondary N) is 1. The zero-order valence-corrected chi connectivity index (χ0v) is 39.9. The van der Waals surface area contributed by atoms with Crippen LogP contribution in [0, 0.1) is 0 Å². The van der Waals surface area contributed by atoms with Crippen molar-refractivity contribution >= 4 is 30.0 Å². The average Bonchev–Trinajstić information content (AvgIpc) is 3.21. The van der Waals surface area contributed by atoms with Crippen LogP contribution >= 0.6 is 12.1 Å². The minimum Gasteiger partial charge on any atom is -0.466 e. The molecule has 0 saturated carbocycles. The van der Waals surface area contributed by atoms with Gasteiger partial charge in [0.05, 0.1) is 18.7 Å². The predicted octanol–water partition coefficient (Wildman–Crippen LogP) is 13.1. The van der Waals surface area contributed by atoms with Gasteiger partial charge in [0.15, 0.2) is 0 Å². The third kappa shape index (κ3) is 39.9. The van der Waals surface area contributed by atoms with Gasteiger partial charge >= 0.3 is 11.9 Å². The molecule has 0 unspecified atom stereocenters. The number of hydrogen-bond acceptors (Lipinski definition) is 8. The van der Waals surface area contributed by atoms with E-state index in [0.717, 1.165) is 95.6 Å². The monoisotopic (exact) mass is 840 g/mol. The van der Waals surface area contributed by atoms with Crippen LogP contribution in [0.1, 0.15) is 239 Å². The van der Waals surface area contributed by atoms with E-state index >= 15 is 0 Å². The number of rotatable bonds is 44. The van der Waals surface area contributed by atoms with Gasteiger partial charge in [-0.3, -0.25) is 14.7 Å². The van der Waals surface area contributed by atoms with Gasteiger partial charge in [-0.25, -0.2) is 0 Å². The number of ether oxygens (including phenoxy) is 2. The molecule has 344 valence electrons. The Balaban J connectivity index is 4.48. The normalized spacial score (nSPS) is 11.8. The maximum Gasteiger partial charge on any atom is 0.306 e. The van der Waals surface area contributed by atoms with Crippen LogP contribution in [0.5, 0.6) is 0 Å². The van der Waals surface area contributed by atoms with E-state index in [4.69, 9.17) is 14.6 Å². The number of nitrogens with zero attached hydrogens (tertiary/aromatic N) is 3. The Morgan fingerprint density at radius 3 is 1.45 bits per heavy atom. The Morgan fingerprint density at radius 1 is 0.552 bits per heavy atom. The van der Waals surface area contributed by atoms with Crippen molar-refractivity contribution in [2.45, 2.75) is 245 Å². The van der Waals surface area contributed by atoms with Crippen molar-refractivity contribution in [3.63, 3.8) is 0 Å². The van der Waals surface area contributed by atoms with Gasteiger partial charge in [0.2, 0.25) is 5.96 Å². The summed E-state index contributed by atoms with van der Waals surface area (Å²) in [5.74, 6) is 0.799. The van der Waals surface area contributed by atoms with Gasteiger partial charge in [0.25, 0.3) is 0 Å². The summed E-state index contributed by atoms with van der Waals surface area (Å²) in [7, 11) is 3.95. The smallest absolute Gasteiger partial charge is 0.306 e. The Labute approximate surface area is 364 Å². The van der Waals surface area contributed by atoms with E-state index in [2.05, 4.69) is 35.4 Å². The van der Waals surface area contributed by atoms with E-state index in [1.165, 1.54) is 154 Å². The second-order valence-electron chi connectivity index (χ2n) is 17.1. The molecule has 10 heteroatoms. The lowest BCUT2D eigenvalue weighted by Gasteiger charge is -2.23. The first kappa shape index (κ1) is 56.5. The maximum atomic E-state index is 12.9. The van der Waals surface area contributed by atoms with Crippen LogP contribution in [0.3, 0.4) is 0 Å². The SMILES string of the molecule is CCCCCCCCCOC(=O)CCCCCCCN(CCCCCCCC(=O)OC(CCCCCCCC)CCCCCCCC)CCCN/C(=N/SN)N(C)C. The van der Waals surface area contributed by atoms with E-state index < -0.39 is 0 Å². The topological polar surface area (TPSA) is 109 Å². The first-order valence-electron chi connectivity index (χ1n) is 24.8. The third-order valence-electron chi connectivity index (χ3n) is 11.3. The lowest BCUT2D eigenvalue weighted by Crippen LogP contribution is -2.38. The second kappa shape index (κ2) is 45.0. The first-order chi connectivity index (χ1) is 28.4. The van der Waals surface area contributed by atoms with Crippen molar-refractivity contribution in [2.24, 2.45) is 9.54 Å². The van der Waals surface area contributed by atoms with Crippen LogP contribution in [0.2, 0.25) is 0 Å². The molecule has 0 bridgehead atoms. The van der Waals surface area contributed by atoms with Gasteiger partial charge in [-0.15, -0.1) is 0 Å². The highest BCUT2D eigenvalue weighted by Crippen LogP contribution is 2.19. The summed E-state index contributed by atoms with van der Waals surface area (Å²) in [5, 5.41) is 9.01. The van der Waals surface area contributed by atoms with Crippen molar-refractivity contribution in [2.75, 3.05) is 46.9 Å². The molecule has 0 aliphatic rings. The zero-order valence-electron chi connectivity index (χ0n) is 39.1. The number of guanidine groups is 1. The molecule has 3 N–H and O–H groups in total. The summed E-state index contributed by atoms with van der Waals surface area (Å²) >= 11 is 0.986. The van der Waals surface area contributed by atoms with Crippen LogP contribution in [-0.2, 0) is 19.1 Å². The van der Waals surface area contributed by atoms with Gasteiger partial charge in [0, 0.05) is 33.5 Å². The fourth-order valence-corrected chi connectivity index (χ4v) is 7.89. The highest BCUT2D eigenvalue weighted by Gasteiger charge is 2.14. The van der Waals surface area contributed by atoms with Crippen molar-refractivity contribution in [3.8, 4) is 0 Å². The van der Waals surface area contributed by atoms with Crippen LogP contribution < -0.4 is 10.5 Å². The molecule has 0 aromatic heterocycles. The fraction of sp³-hybridized carbons (Fsp3) is 0.938. The van der Waals surface area contributed by atoms with Gasteiger partial charge in [-0.1, -0.05) is 162 Å². The van der Waals surface area contributed by atoms with Gasteiger partial charge < -0.3 is 24.6 Å². The van der Waals surface area contributed by atoms with Crippen LogP contribution in [-0.4, -0.2) is 80.7 Å². The van der Waals surface area contributed by atoms with Gasteiger partial charge in [0.1, 0.15) is 6.10 Å². The Hall–Kier alpha value is -1.52. The maximum absolute atomic E-state index is 12.9. The van der Waals surface area contributed by atoms with Crippen LogP contribution in [0.25, 0.3) is 0 Å². The summed E-state index contributed by atoms with van der Waals surface area (Å²) in [6, 6.07) is 0. The fourth-order valence-electron chi connectivity index (χ4n) is 7.56. The number of esters is 2. The van der Waals surface area contributed by atoms with Crippen molar-refractivity contribution in [1.29, 1.82) is 0 Å². The lowest BCUT2D eigenvalue weighted by atomic mass is 10.0. The summed E-state index contributed by atoms with van der Waals surface area (Å²) in [6.45, 7) is 11.5. The molecule has 0 rings (SSSR count). The van der Waals surface area contributed by atoms with Gasteiger partial charge in [-0.2, -0.15) is 4.40 Å². The molecule has 0 spiro atoms. The summed E-state index contributed by atoms with van der Waals surface area (Å²) in [6.07, 6.45) is 39.5. The van der Waals surface area contributed by atoms with Crippen molar-refractivity contribution in [1.82, 2.24) is 15.1 Å². The molecule has 0 radical (unpaired) electrons. The molecule has 58 heavy (non-hydrogen) atoms. The highest BCUT2D eigenvalue weighted by atomic mass is 32.2. The minimum absolute atomic E-state index is 0.0213. The van der Waals surface area contributed by atoms with Crippen molar-refractivity contribution < 1.29 is 19.1 Å². The largest absolute Gasteiger partial charge is 0.466 e. The number of hydrogen-bond donors (Lipinski definition) is 2. The molecular formula is C48H97N5O4S. The summed E-state index contributed by atoms with van der Waals surface area (Å²) in [5.41, 5.74) is 0. The van der Waals surface area contributed by atoms with E-state index in [1.54, 1.807) is 0 Å². The van der Waals surface area contributed by atoms with Crippen LogP contribution in [0.15, 0.2) is 4.40 Å².